The zero-order chi connectivity index (χ0) is 17.6. The van der Waals surface area contributed by atoms with Crippen LogP contribution in [-0.2, 0) is 20.0 Å². The SMILES string of the molecule is O=S(=O)(N(c1ccc(Br)cc1)S(=O)(=O)C(F)(F)F)C(F)(F)F. The van der Waals surface area contributed by atoms with Crippen molar-refractivity contribution in [3.8, 4) is 0 Å². The van der Waals surface area contributed by atoms with Crippen molar-refractivity contribution in [2.24, 2.45) is 0 Å². The third kappa shape index (κ3) is 3.32. The molecular weight excluding hydrogens is 432 g/mol. The summed E-state index contributed by atoms with van der Waals surface area (Å²) in [6, 6.07) is 2.69. The molecule has 0 aliphatic rings. The normalized spacial score (nSPS) is 14.0. The van der Waals surface area contributed by atoms with E-state index in [1.165, 1.54) is 0 Å². The van der Waals surface area contributed by atoms with E-state index >= 15 is 0 Å². The Bertz CT molecular complexity index is 709. The van der Waals surface area contributed by atoms with Crippen LogP contribution in [0.4, 0.5) is 32.0 Å². The summed E-state index contributed by atoms with van der Waals surface area (Å²) >= 11 is 2.81. The van der Waals surface area contributed by atoms with Crippen LogP contribution < -0.4 is 3.71 Å². The highest BCUT2D eigenvalue weighted by molar-refractivity contribution is 9.10. The number of hydrogen-bond acceptors (Lipinski definition) is 4. The second kappa shape index (κ2) is 5.56. The lowest BCUT2D eigenvalue weighted by atomic mass is 10.3. The Kier molecular flexibility index (Phi) is 4.81. The predicted molar refractivity (Wildman–Crippen MR) is 66.6 cm³/mol. The molecule has 0 N–H and O–H groups in total. The van der Waals surface area contributed by atoms with Gasteiger partial charge in [-0.15, -0.1) is 3.71 Å². The number of nitrogens with zero attached hydrogens (tertiary/aromatic N) is 1. The summed E-state index contributed by atoms with van der Waals surface area (Å²) in [5.74, 6) is 0. The number of rotatable bonds is 3. The Labute approximate surface area is 128 Å². The van der Waals surface area contributed by atoms with Crippen LogP contribution in [0.2, 0.25) is 0 Å². The maximum Gasteiger partial charge on any atom is 0.517 e. The van der Waals surface area contributed by atoms with Gasteiger partial charge < -0.3 is 0 Å². The molecule has 0 aromatic heterocycles. The first kappa shape index (κ1) is 19.0. The van der Waals surface area contributed by atoms with Gasteiger partial charge in [-0.25, -0.2) is 0 Å². The molecule has 126 valence electrons. The Hall–Kier alpha value is -1.02. The number of anilines is 1. The summed E-state index contributed by atoms with van der Waals surface area (Å²) in [5, 5.41) is 0. The molecule has 0 aliphatic carbocycles. The molecule has 0 bridgehead atoms. The van der Waals surface area contributed by atoms with Gasteiger partial charge in [-0.05, 0) is 24.3 Å². The fourth-order valence-corrected chi connectivity index (χ4v) is 4.14. The third-order valence-electron chi connectivity index (χ3n) is 2.06. The Morgan fingerprint density at radius 1 is 0.773 bits per heavy atom. The lowest BCUT2D eigenvalue weighted by molar-refractivity contribution is -0.0462. The van der Waals surface area contributed by atoms with Gasteiger partial charge in [0, 0.05) is 4.47 Å². The lowest BCUT2D eigenvalue weighted by Crippen LogP contribution is -2.49. The quantitative estimate of drug-likeness (QED) is 0.684. The van der Waals surface area contributed by atoms with E-state index < -0.39 is 40.5 Å². The van der Waals surface area contributed by atoms with Crippen LogP contribution >= 0.6 is 15.9 Å². The minimum Gasteiger partial charge on any atom is -0.196 e. The topological polar surface area (TPSA) is 71.5 Å². The van der Waals surface area contributed by atoms with Gasteiger partial charge in [-0.3, -0.25) is 0 Å². The van der Waals surface area contributed by atoms with Crippen molar-refractivity contribution >= 4 is 41.7 Å². The van der Waals surface area contributed by atoms with Crippen molar-refractivity contribution in [1.29, 1.82) is 0 Å². The second-order valence-corrected chi connectivity index (χ2v) is 8.28. The highest BCUT2D eigenvalue weighted by Crippen LogP contribution is 2.38. The van der Waals surface area contributed by atoms with Crippen LogP contribution in [-0.4, -0.2) is 27.9 Å². The van der Waals surface area contributed by atoms with Gasteiger partial charge in [0.25, 0.3) is 0 Å². The van der Waals surface area contributed by atoms with E-state index in [2.05, 4.69) is 15.9 Å². The summed E-state index contributed by atoms with van der Waals surface area (Å²) in [7, 11) is -13.7. The first-order valence-corrected chi connectivity index (χ1v) is 8.48. The number of hydrogen-bond donors (Lipinski definition) is 0. The number of alkyl halides is 6. The van der Waals surface area contributed by atoms with Crippen LogP contribution in [0.5, 0.6) is 0 Å². The monoisotopic (exact) mass is 435 g/mol. The Morgan fingerprint density at radius 2 is 1.09 bits per heavy atom. The first-order chi connectivity index (χ1) is 9.62. The van der Waals surface area contributed by atoms with E-state index in [4.69, 9.17) is 0 Å². The van der Waals surface area contributed by atoms with Crippen molar-refractivity contribution in [2.75, 3.05) is 3.71 Å². The van der Waals surface area contributed by atoms with Crippen LogP contribution in [0.3, 0.4) is 0 Å². The molecular formula is C8H4BrF6NO4S2. The molecule has 22 heavy (non-hydrogen) atoms. The molecule has 0 atom stereocenters. The average Bonchev–Trinajstić information content (AvgIpc) is 2.28. The van der Waals surface area contributed by atoms with Crippen LogP contribution in [0.1, 0.15) is 0 Å². The van der Waals surface area contributed by atoms with Crippen molar-refractivity contribution in [3.63, 3.8) is 0 Å². The van der Waals surface area contributed by atoms with Gasteiger partial charge in [-0.2, -0.15) is 43.2 Å². The zero-order valence-electron chi connectivity index (χ0n) is 9.85. The van der Waals surface area contributed by atoms with Gasteiger partial charge in [0.05, 0.1) is 5.69 Å². The van der Waals surface area contributed by atoms with Crippen molar-refractivity contribution in [3.05, 3.63) is 28.7 Å². The predicted octanol–water partition coefficient (Wildman–Crippen LogP) is 2.95. The van der Waals surface area contributed by atoms with Gasteiger partial charge >= 0.3 is 31.1 Å². The summed E-state index contributed by atoms with van der Waals surface area (Å²) in [6.07, 6.45) is 0. The van der Waals surface area contributed by atoms with Gasteiger partial charge in [0.15, 0.2) is 0 Å². The molecule has 0 saturated carbocycles. The summed E-state index contributed by atoms with van der Waals surface area (Å²) in [6.45, 7) is 0. The molecule has 0 amide bonds. The van der Waals surface area contributed by atoms with E-state index in [1.54, 1.807) is 0 Å². The smallest absolute Gasteiger partial charge is 0.196 e. The fourth-order valence-electron chi connectivity index (χ4n) is 1.16. The highest BCUT2D eigenvalue weighted by atomic mass is 79.9. The Balaban J connectivity index is 3.73. The number of sulfonamides is 2. The zero-order valence-corrected chi connectivity index (χ0v) is 13.1. The van der Waals surface area contributed by atoms with Gasteiger partial charge in [-0.1, -0.05) is 15.9 Å². The first-order valence-electron chi connectivity index (χ1n) is 4.81. The number of halogens is 7. The molecule has 1 rings (SSSR count). The molecule has 1 aromatic carbocycles. The highest BCUT2D eigenvalue weighted by Gasteiger charge is 2.61. The van der Waals surface area contributed by atoms with Gasteiger partial charge in [0.1, 0.15) is 0 Å². The lowest BCUT2D eigenvalue weighted by Gasteiger charge is -2.25. The largest absolute Gasteiger partial charge is 0.517 e. The fraction of sp³-hybridized carbons (Fsp3) is 0.250. The third-order valence-corrected chi connectivity index (χ3v) is 6.23. The van der Waals surface area contributed by atoms with E-state index in [9.17, 15) is 43.2 Å². The molecule has 14 heteroatoms. The molecule has 1 aromatic rings. The van der Waals surface area contributed by atoms with E-state index in [0.717, 1.165) is 12.1 Å². The maximum atomic E-state index is 12.5. The van der Waals surface area contributed by atoms with E-state index in [1.807, 2.05) is 0 Å². The molecule has 5 nitrogen and oxygen atoms in total. The average molecular weight is 436 g/mol. The summed E-state index contributed by atoms with van der Waals surface area (Å²) in [5.41, 5.74) is -13.8. The summed E-state index contributed by atoms with van der Waals surface area (Å²) in [4.78, 5) is 0. The second-order valence-electron chi connectivity index (χ2n) is 3.58. The standard InChI is InChI=1S/C8H4BrF6NO4S2/c9-5-1-3-6(4-2-5)16(21(17,18)7(10,11)12)22(19,20)8(13,14)15/h1-4H. The summed E-state index contributed by atoms with van der Waals surface area (Å²) < 4.78 is 118. The van der Waals surface area contributed by atoms with Crippen LogP contribution in [0, 0.1) is 0 Å². The van der Waals surface area contributed by atoms with E-state index in [-0.39, 0.29) is 4.47 Å². The minimum absolute atomic E-state index is 0.171. The van der Waals surface area contributed by atoms with Crippen molar-refractivity contribution < 1.29 is 43.2 Å². The molecule has 0 radical (unpaired) electrons. The minimum atomic E-state index is -6.84. The Morgan fingerprint density at radius 3 is 1.36 bits per heavy atom. The number of benzene rings is 1. The molecule has 0 fully saturated rings. The molecule has 0 saturated heterocycles. The molecule has 0 aliphatic heterocycles. The maximum absolute atomic E-state index is 12.5. The van der Waals surface area contributed by atoms with Crippen LogP contribution in [0.25, 0.3) is 0 Å². The molecule has 0 heterocycles. The molecule has 0 unspecified atom stereocenters. The van der Waals surface area contributed by atoms with Crippen molar-refractivity contribution in [1.82, 2.24) is 0 Å². The van der Waals surface area contributed by atoms with Crippen LogP contribution in [0.15, 0.2) is 28.7 Å². The van der Waals surface area contributed by atoms with Gasteiger partial charge in [0.2, 0.25) is 0 Å². The van der Waals surface area contributed by atoms with Crippen molar-refractivity contribution in [2.45, 2.75) is 11.0 Å². The molecule has 0 spiro atoms. The van der Waals surface area contributed by atoms with E-state index in [0.29, 0.717) is 12.1 Å².